The van der Waals surface area contributed by atoms with Crippen molar-refractivity contribution in [3.05, 3.63) is 35.9 Å². The number of benzene rings is 1. The highest BCUT2D eigenvalue weighted by Crippen LogP contribution is 2.29. The Morgan fingerprint density at radius 3 is 3.08 bits per heavy atom. The van der Waals surface area contributed by atoms with Crippen LogP contribution in [0.15, 0.2) is 30.3 Å². The summed E-state index contributed by atoms with van der Waals surface area (Å²) >= 11 is 0. The number of nitrogens with one attached hydrogen (secondary N) is 1. The molecule has 0 spiro atoms. The highest BCUT2D eigenvalue weighted by atomic mass is 14.9. The molecule has 0 aliphatic carbocycles. The zero-order valence-electron chi connectivity index (χ0n) is 6.54. The first-order valence-corrected chi connectivity index (χ1v) is 3.84. The first-order valence-electron chi connectivity index (χ1n) is 3.84. The lowest BCUT2D eigenvalue weighted by molar-refractivity contribution is 1.44. The van der Waals surface area contributed by atoms with Crippen LogP contribution in [0.25, 0.3) is 5.57 Å². The highest BCUT2D eigenvalue weighted by Gasteiger charge is 2.13. The van der Waals surface area contributed by atoms with Gasteiger partial charge in [0.1, 0.15) is 0 Å². The van der Waals surface area contributed by atoms with Crippen LogP contribution < -0.4 is 5.32 Å². The summed E-state index contributed by atoms with van der Waals surface area (Å²) < 4.78 is 0. The van der Waals surface area contributed by atoms with Crippen molar-refractivity contribution < 1.29 is 0 Å². The lowest BCUT2D eigenvalue weighted by atomic mass is 10.1. The predicted molar refractivity (Wildman–Crippen MR) is 48.5 cm³/mol. The van der Waals surface area contributed by atoms with Gasteiger partial charge in [-0.1, -0.05) is 18.2 Å². The fraction of sp³-hybridized carbons (Fsp3) is 0.100. The minimum Gasteiger partial charge on any atom is -0.380 e. The molecule has 2 heteroatoms. The van der Waals surface area contributed by atoms with Gasteiger partial charge < -0.3 is 5.32 Å². The minimum atomic E-state index is 0.771. The Morgan fingerprint density at radius 2 is 2.25 bits per heavy atom. The molecule has 12 heavy (non-hydrogen) atoms. The number of anilines is 1. The maximum Gasteiger partial charge on any atom is 0.0915 e. The maximum atomic E-state index is 8.50. The zero-order valence-corrected chi connectivity index (χ0v) is 6.54. The molecule has 58 valence electrons. The number of nitriles is 1. The number of fused-ring (bicyclic) bond motifs is 1. The second-order valence-electron chi connectivity index (χ2n) is 2.70. The first-order chi connectivity index (χ1) is 5.92. The molecule has 0 aromatic heterocycles. The molecule has 0 fully saturated rings. The lowest BCUT2D eigenvalue weighted by Gasteiger charge is -1.95. The molecule has 1 aromatic carbocycles. The van der Waals surface area contributed by atoms with Gasteiger partial charge in [-0.15, -0.1) is 0 Å². The Labute approximate surface area is 71.1 Å². The van der Waals surface area contributed by atoms with E-state index < -0.39 is 0 Å². The number of allylic oxidation sites excluding steroid dienone is 1. The Hall–Kier alpha value is -1.75. The van der Waals surface area contributed by atoms with Gasteiger partial charge in [-0.25, -0.2) is 0 Å². The Bertz CT molecular complexity index is 372. The lowest BCUT2D eigenvalue weighted by Crippen LogP contribution is -1.90. The van der Waals surface area contributed by atoms with Crippen molar-refractivity contribution in [2.75, 3.05) is 11.9 Å². The summed E-state index contributed by atoms with van der Waals surface area (Å²) in [5, 5.41) is 11.7. The van der Waals surface area contributed by atoms with Gasteiger partial charge >= 0.3 is 0 Å². The average Bonchev–Trinajstić information content (AvgIpc) is 2.50. The van der Waals surface area contributed by atoms with Crippen LogP contribution in [0, 0.1) is 11.3 Å². The molecule has 1 N–H and O–H groups in total. The third-order valence-corrected chi connectivity index (χ3v) is 1.98. The molecule has 0 radical (unpaired) electrons. The van der Waals surface area contributed by atoms with E-state index in [1.807, 2.05) is 30.3 Å². The van der Waals surface area contributed by atoms with Gasteiger partial charge in [-0.05, 0) is 11.6 Å². The van der Waals surface area contributed by atoms with Crippen molar-refractivity contribution in [1.29, 1.82) is 5.26 Å². The van der Waals surface area contributed by atoms with Crippen LogP contribution in [0.4, 0.5) is 5.69 Å². The van der Waals surface area contributed by atoms with E-state index in [9.17, 15) is 0 Å². The molecule has 0 bridgehead atoms. The SMILES string of the molecule is N#CC=C1CNc2ccccc21. The molecule has 1 aliphatic rings. The summed E-state index contributed by atoms with van der Waals surface area (Å²) in [6.45, 7) is 0.771. The monoisotopic (exact) mass is 156 g/mol. The van der Waals surface area contributed by atoms with E-state index in [1.54, 1.807) is 6.08 Å². The number of para-hydroxylation sites is 1. The average molecular weight is 156 g/mol. The van der Waals surface area contributed by atoms with Gasteiger partial charge in [0.2, 0.25) is 0 Å². The zero-order chi connectivity index (χ0) is 8.39. The topological polar surface area (TPSA) is 35.8 Å². The quantitative estimate of drug-likeness (QED) is 0.583. The second kappa shape index (κ2) is 2.71. The van der Waals surface area contributed by atoms with Gasteiger partial charge in [-0.3, -0.25) is 0 Å². The Balaban J connectivity index is 2.51. The van der Waals surface area contributed by atoms with E-state index in [-0.39, 0.29) is 0 Å². The van der Waals surface area contributed by atoms with Crippen LogP contribution in [0.3, 0.4) is 0 Å². The molecular formula is C10H8N2. The van der Waals surface area contributed by atoms with Crippen LogP contribution in [-0.4, -0.2) is 6.54 Å². The van der Waals surface area contributed by atoms with E-state index in [4.69, 9.17) is 5.26 Å². The van der Waals surface area contributed by atoms with E-state index in [0.29, 0.717) is 0 Å². The van der Waals surface area contributed by atoms with Crippen LogP contribution in [0.5, 0.6) is 0 Å². The van der Waals surface area contributed by atoms with Gasteiger partial charge in [0.15, 0.2) is 0 Å². The molecular weight excluding hydrogens is 148 g/mol. The van der Waals surface area contributed by atoms with Crippen molar-refractivity contribution in [3.63, 3.8) is 0 Å². The van der Waals surface area contributed by atoms with Crippen LogP contribution in [-0.2, 0) is 0 Å². The van der Waals surface area contributed by atoms with Crippen molar-refractivity contribution in [2.24, 2.45) is 0 Å². The van der Waals surface area contributed by atoms with Gasteiger partial charge in [0, 0.05) is 23.9 Å². The van der Waals surface area contributed by atoms with Gasteiger partial charge in [0.25, 0.3) is 0 Å². The molecule has 1 aromatic rings. The van der Waals surface area contributed by atoms with Gasteiger partial charge in [-0.2, -0.15) is 5.26 Å². The molecule has 0 atom stereocenters. The molecule has 0 saturated carbocycles. The summed E-state index contributed by atoms with van der Waals surface area (Å²) in [6.07, 6.45) is 1.60. The van der Waals surface area contributed by atoms with E-state index in [1.165, 1.54) is 0 Å². The standard InChI is InChI=1S/C10H8N2/c11-6-5-8-7-12-10-4-2-1-3-9(8)10/h1-5,12H,7H2. The summed E-state index contributed by atoms with van der Waals surface area (Å²) in [5.74, 6) is 0. The largest absolute Gasteiger partial charge is 0.380 e. The van der Waals surface area contributed by atoms with Crippen LogP contribution >= 0.6 is 0 Å². The van der Waals surface area contributed by atoms with Gasteiger partial charge in [0.05, 0.1) is 6.07 Å². The summed E-state index contributed by atoms with van der Waals surface area (Å²) in [4.78, 5) is 0. The van der Waals surface area contributed by atoms with E-state index >= 15 is 0 Å². The molecule has 0 unspecified atom stereocenters. The number of nitrogens with zero attached hydrogens (tertiary/aromatic N) is 1. The van der Waals surface area contributed by atoms with Crippen molar-refractivity contribution in [2.45, 2.75) is 0 Å². The summed E-state index contributed by atoms with van der Waals surface area (Å²) in [5.41, 5.74) is 3.35. The van der Waals surface area contributed by atoms with E-state index in [0.717, 1.165) is 23.4 Å². The minimum absolute atomic E-state index is 0.771. The molecule has 2 nitrogen and oxygen atoms in total. The Morgan fingerprint density at radius 1 is 1.42 bits per heavy atom. The predicted octanol–water partition coefficient (Wildman–Crippen LogP) is 2.02. The van der Waals surface area contributed by atoms with Crippen LogP contribution in [0.1, 0.15) is 5.56 Å². The fourth-order valence-electron chi connectivity index (χ4n) is 1.41. The molecule has 0 saturated heterocycles. The summed E-state index contributed by atoms with van der Waals surface area (Å²) in [7, 11) is 0. The third kappa shape index (κ3) is 0.960. The third-order valence-electron chi connectivity index (χ3n) is 1.98. The Kier molecular flexibility index (Phi) is 1.56. The highest BCUT2D eigenvalue weighted by molar-refractivity contribution is 5.84. The van der Waals surface area contributed by atoms with Crippen molar-refractivity contribution in [1.82, 2.24) is 0 Å². The number of rotatable bonds is 0. The number of hydrogen-bond donors (Lipinski definition) is 1. The van der Waals surface area contributed by atoms with Crippen molar-refractivity contribution >= 4 is 11.3 Å². The first kappa shape index (κ1) is 6.93. The smallest absolute Gasteiger partial charge is 0.0915 e. The molecule has 1 aliphatic heterocycles. The van der Waals surface area contributed by atoms with Crippen molar-refractivity contribution in [3.8, 4) is 6.07 Å². The van der Waals surface area contributed by atoms with E-state index in [2.05, 4.69) is 5.32 Å². The fourth-order valence-corrected chi connectivity index (χ4v) is 1.41. The normalized spacial score (nSPS) is 16.8. The number of hydrogen-bond acceptors (Lipinski definition) is 2. The second-order valence-corrected chi connectivity index (χ2v) is 2.70. The summed E-state index contributed by atoms with van der Waals surface area (Å²) in [6, 6.07) is 10.1. The van der Waals surface area contributed by atoms with Crippen LogP contribution in [0.2, 0.25) is 0 Å². The molecule has 0 amide bonds. The molecule has 2 rings (SSSR count). The maximum absolute atomic E-state index is 8.50. The molecule has 1 heterocycles.